The molecule has 0 unspecified atom stereocenters. The Bertz CT molecular complexity index is 1490. The third-order valence-corrected chi connectivity index (χ3v) is 24.9. The van der Waals surface area contributed by atoms with Gasteiger partial charge in [0.15, 0.2) is 0 Å². The lowest BCUT2D eigenvalue weighted by Gasteiger charge is -2.51. The van der Waals surface area contributed by atoms with E-state index in [0.717, 1.165) is 0 Å². The lowest BCUT2D eigenvalue weighted by Crippen LogP contribution is -2.67. The van der Waals surface area contributed by atoms with Crippen LogP contribution in [0.2, 0.25) is 0 Å². The smallest absolute Gasteiger partial charge is 0.323 e. The van der Waals surface area contributed by atoms with Crippen LogP contribution in [0.15, 0.2) is 0 Å². The van der Waals surface area contributed by atoms with E-state index in [1.807, 2.05) is 0 Å². The third kappa shape index (κ3) is 14.0. The Labute approximate surface area is 287 Å². The third-order valence-electron chi connectivity index (χ3n) is 6.11. The minimum absolute atomic E-state index is 0.853. The molecule has 52 heavy (non-hydrogen) atoms. The van der Waals surface area contributed by atoms with Crippen LogP contribution in [0.3, 0.4) is 0 Å². The highest BCUT2D eigenvalue weighted by molar-refractivity contribution is 7.74. The quantitative estimate of drug-likeness (QED) is 0.0291. The Kier molecular flexibility index (Phi) is 17.4. The molecule has 0 aliphatic rings. The first-order valence-corrected chi connectivity index (χ1v) is 28.9. The second kappa shape index (κ2) is 16.9. The van der Waals surface area contributed by atoms with Crippen LogP contribution >= 0.6 is 76.0 Å². The molecule has 0 radical (unpaired) electrons. The van der Waals surface area contributed by atoms with E-state index in [1.165, 1.54) is 0 Å². The van der Waals surface area contributed by atoms with Gasteiger partial charge in [-0.25, -0.2) is 0 Å². The Morgan fingerprint density at radius 1 is 0.365 bits per heavy atom. The number of hydrogen-bond acceptors (Lipinski definition) is 12. The van der Waals surface area contributed by atoms with Crippen LogP contribution in [0.5, 0.6) is 0 Å². The van der Waals surface area contributed by atoms with Crippen LogP contribution in [0.4, 0.5) is 0 Å². The Morgan fingerprint density at radius 2 is 0.577 bits per heavy atom. The van der Waals surface area contributed by atoms with Crippen molar-refractivity contribution in [1.82, 2.24) is 10.2 Å². The van der Waals surface area contributed by atoms with Gasteiger partial charge in [0.05, 0.1) is 6.54 Å². The van der Waals surface area contributed by atoms with Crippen molar-refractivity contribution in [3.63, 3.8) is 0 Å². The van der Waals surface area contributed by atoms with Gasteiger partial charge in [-0.05, 0) is 0 Å². The van der Waals surface area contributed by atoms with Gasteiger partial charge in [-0.3, -0.25) is 55.0 Å². The van der Waals surface area contributed by atoms with Crippen LogP contribution in [-0.4, -0.2) is 161 Å². The summed E-state index contributed by atoms with van der Waals surface area (Å²) in [4.78, 5) is 194. The molecule has 0 atom stereocenters. The van der Waals surface area contributed by atoms with E-state index in [1.54, 1.807) is 5.32 Å². The van der Waals surface area contributed by atoms with Crippen molar-refractivity contribution in [2.45, 2.75) is 27.6 Å². The predicted octanol–water partition coefficient (Wildman–Crippen LogP) is -5.11. The molecule has 0 rings (SSSR count). The van der Waals surface area contributed by atoms with Crippen LogP contribution in [-0.2, 0) is 45.7 Å². The maximum absolute atomic E-state index is 12.5. The van der Waals surface area contributed by atoms with Crippen LogP contribution in [0.25, 0.3) is 0 Å². The number of quaternary nitrogens is 1. The van der Waals surface area contributed by atoms with Gasteiger partial charge in [-0.1, -0.05) is 0 Å². The van der Waals surface area contributed by atoms with Crippen molar-refractivity contribution in [2.24, 2.45) is 0 Å². The maximum Gasteiger partial charge on any atom is 0.395 e. The monoisotopic (exact) mass is 974 g/mol. The van der Waals surface area contributed by atoms with Crippen LogP contribution < -0.4 is 5.32 Å². The van der Waals surface area contributed by atoms with Gasteiger partial charge in [0.1, 0.15) is 0 Å². The molecular weight excluding hydrogens is 940 g/mol. The fourth-order valence-electron chi connectivity index (χ4n) is 5.09. The molecule has 0 aromatic heterocycles. The first-order valence-electron chi connectivity index (χ1n) is 12.0. The molecule has 43 heteroatoms. The fourth-order valence-corrected chi connectivity index (χ4v) is 22.8. The molecule has 0 aromatic rings. The van der Waals surface area contributed by atoms with Gasteiger partial charge >= 0.3 is 76.0 Å². The maximum atomic E-state index is 12.5. The van der Waals surface area contributed by atoms with Gasteiger partial charge in [-0.15, -0.1) is 0 Å². The van der Waals surface area contributed by atoms with E-state index in [9.17, 15) is 144 Å². The molecule has 0 amide bonds. The van der Waals surface area contributed by atoms with E-state index in [2.05, 4.69) is 0 Å². The van der Waals surface area contributed by atoms with Gasteiger partial charge in [0.25, 0.3) is 16.6 Å². The van der Waals surface area contributed by atoms with Crippen molar-refractivity contribution in [2.75, 3.05) is 26.2 Å². The molecular formula is C9H34N3O30P10+. The molecule has 33 nitrogen and oxygen atoms in total. The molecule has 21 N–H and O–H groups in total. The predicted molar refractivity (Wildman–Crippen MR) is 164 cm³/mol. The summed E-state index contributed by atoms with van der Waals surface area (Å²) in [6.45, 7) is -7.67. The Hall–Kier alpha value is 1.38. The largest absolute Gasteiger partial charge is 0.395 e. The lowest BCUT2D eigenvalue weighted by atomic mass is 10.4. The first-order chi connectivity index (χ1) is 22.2. The average molecular weight is 974 g/mol. The summed E-state index contributed by atoms with van der Waals surface area (Å²) in [5.41, 5.74) is -21.5. The van der Waals surface area contributed by atoms with E-state index in [-0.39, 0.29) is 0 Å². The summed E-state index contributed by atoms with van der Waals surface area (Å²) in [6, 6.07) is 0. The van der Waals surface area contributed by atoms with Crippen LogP contribution in [0.1, 0.15) is 0 Å². The highest BCUT2D eigenvalue weighted by Gasteiger charge is 2.77. The van der Waals surface area contributed by atoms with Crippen molar-refractivity contribution < 1.29 is 148 Å². The molecule has 0 aliphatic carbocycles. The average Bonchev–Trinajstić information content (AvgIpc) is 2.67. The molecule has 0 saturated carbocycles. The molecule has 0 fully saturated rings. The SMILES string of the molecule is O=P(O)(O)C(N(CCNCC[N+](C(P(=O)(O)O)P(=O)(O)O)(C(P(=O)(O)O)P(=O)(O)O)C(P(=O)(O)O)P(=O)(O)O)C(P(=O)(O)O)P(=O)(O)O)P(=O)(O)O. The number of rotatable bonds is 21. The van der Waals surface area contributed by atoms with E-state index < -0.39 is 139 Å². The fraction of sp³-hybridized carbons (Fsp3) is 1.00. The summed E-state index contributed by atoms with van der Waals surface area (Å²) in [7, 11) is -68.6. The molecule has 0 bridgehead atoms. The zero-order valence-electron chi connectivity index (χ0n) is 24.6. The number of nitrogens with one attached hydrogen (secondary N) is 1. The number of hydrogen-bond donors (Lipinski definition) is 21. The van der Waals surface area contributed by atoms with Gasteiger partial charge < -0.3 is 103 Å². The highest BCUT2D eigenvalue weighted by Crippen LogP contribution is 2.78. The summed E-state index contributed by atoms with van der Waals surface area (Å²) >= 11 is 0. The van der Waals surface area contributed by atoms with E-state index >= 15 is 0 Å². The zero-order chi connectivity index (χ0) is 42.5. The van der Waals surface area contributed by atoms with Crippen molar-refractivity contribution in [1.29, 1.82) is 0 Å². The molecule has 0 aromatic carbocycles. The molecule has 0 saturated heterocycles. The highest BCUT2D eigenvalue weighted by atomic mass is 31.3. The van der Waals surface area contributed by atoms with Gasteiger partial charge in [0, 0.05) is 19.6 Å². The summed E-state index contributed by atoms with van der Waals surface area (Å²) in [5, 5.41) is 1.67. The Morgan fingerprint density at radius 3 is 0.750 bits per heavy atom. The molecule has 314 valence electrons. The standard InChI is InChI=1S/C9H33N3O30P10/c13-43(14,15)5(44(16,17)18)11(6(45(19,20)21)46(22,23)24)3-1-10-2-4-12(7(47(25,26)27)48(28,29)30,8(49(31,32)33)50(34,35)36)9(51(37,38)39)52(40,41)42/h5-10H,1-4H2,(H19-,13,14,15,16,17,18,19,20,21,22,23,24,25,26,27,28,29,30,31,32,33,34,35,36,37,38,39,40,41,42)/p+1. The summed E-state index contributed by atoms with van der Waals surface area (Å²) < 4.78 is 119. The van der Waals surface area contributed by atoms with Gasteiger partial charge in [-0.2, -0.15) is 0 Å². The van der Waals surface area contributed by atoms with Crippen LogP contribution in [0, 0.1) is 0 Å². The van der Waals surface area contributed by atoms with Crippen molar-refractivity contribution in [3.05, 3.63) is 0 Å². The van der Waals surface area contributed by atoms with Gasteiger partial charge in [0.2, 0.25) is 11.0 Å². The minimum Gasteiger partial charge on any atom is -0.323 e. The Balaban J connectivity index is 8.02. The van der Waals surface area contributed by atoms with Crippen molar-refractivity contribution in [3.8, 4) is 0 Å². The number of nitrogens with zero attached hydrogens (tertiary/aromatic N) is 2. The zero-order valence-corrected chi connectivity index (χ0v) is 33.6. The van der Waals surface area contributed by atoms with Crippen molar-refractivity contribution >= 4 is 76.0 Å². The van der Waals surface area contributed by atoms with E-state index in [0.29, 0.717) is 0 Å². The topological polar surface area (TPSA) is 591 Å². The molecule has 0 heterocycles. The molecule has 0 aliphatic heterocycles. The summed E-state index contributed by atoms with van der Waals surface area (Å²) in [6.07, 6.45) is 0. The summed E-state index contributed by atoms with van der Waals surface area (Å²) in [5.74, 6) is 0. The minimum atomic E-state index is -7.12. The molecule has 0 spiro atoms. The first kappa shape index (κ1) is 53.4. The second-order valence-corrected chi connectivity index (χ2v) is 29.0. The normalized spacial score (nSPS) is 16.0. The van der Waals surface area contributed by atoms with E-state index in [4.69, 9.17) is 0 Å². The second-order valence-electron chi connectivity index (χ2n) is 10.3. The lowest BCUT2D eigenvalue weighted by molar-refractivity contribution is -0.930.